The first-order valence-electron chi connectivity index (χ1n) is 9.51. The van der Waals surface area contributed by atoms with Gasteiger partial charge < -0.3 is 19.8 Å². The third kappa shape index (κ3) is 4.12. The number of aromatic nitrogens is 2. The molecule has 3 aromatic rings. The molecule has 2 aromatic heterocycles. The molecule has 1 aliphatic rings. The standard InChI is InChI=1S/C21H22N4O4/c1-13-8-17(29-24-13)10-19(27)25-12-16(26)9-18(25)21(28)23-11-15-5-2-4-14-6-3-7-22-20(14)15/h2-8,16,18,26H,9-12H2,1H3,(H,23,28)/t16-,18+/m1/s1. The van der Waals surface area contributed by atoms with E-state index >= 15 is 0 Å². The lowest BCUT2D eigenvalue weighted by molar-refractivity contribution is -0.138. The van der Waals surface area contributed by atoms with Crippen LogP contribution in [0.5, 0.6) is 0 Å². The maximum Gasteiger partial charge on any atom is 0.243 e. The van der Waals surface area contributed by atoms with Gasteiger partial charge in [0.05, 0.1) is 23.7 Å². The Morgan fingerprint density at radius 1 is 1.31 bits per heavy atom. The van der Waals surface area contributed by atoms with Gasteiger partial charge >= 0.3 is 0 Å². The molecule has 2 N–H and O–H groups in total. The molecule has 29 heavy (non-hydrogen) atoms. The van der Waals surface area contributed by atoms with E-state index in [4.69, 9.17) is 4.52 Å². The fourth-order valence-corrected chi connectivity index (χ4v) is 3.70. The molecule has 0 radical (unpaired) electrons. The number of hydrogen-bond donors (Lipinski definition) is 2. The van der Waals surface area contributed by atoms with Crippen molar-refractivity contribution in [3.05, 3.63) is 59.6 Å². The average molecular weight is 394 g/mol. The van der Waals surface area contributed by atoms with E-state index in [1.165, 1.54) is 4.90 Å². The van der Waals surface area contributed by atoms with Crippen LogP contribution in [0.3, 0.4) is 0 Å². The van der Waals surface area contributed by atoms with Crippen molar-refractivity contribution < 1.29 is 19.2 Å². The summed E-state index contributed by atoms with van der Waals surface area (Å²) in [5.74, 6) is -0.129. The van der Waals surface area contributed by atoms with E-state index < -0.39 is 12.1 Å². The average Bonchev–Trinajstić information content (AvgIpc) is 3.31. The molecule has 0 unspecified atom stereocenters. The van der Waals surface area contributed by atoms with Crippen molar-refractivity contribution >= 4 is 22.7 Å². The van der Waals surface area contributed by atoms with Crippen molar-refractivity contribution in [2.75, 3.05) is 6.54 Å². The zero-order valence-corrected chi connectivity index (χ0v) is 16.0. The Kier molecular flexibility index (Phi) is 5.26. The number of likely N-dealkylation sites (tertiary alicyclic amines) is 1. The van der Waals surface area contributed by atoms with Crippen LogP contribution in [0.1, 0.15) is 23.4 Å². The van der Waals surface area contributed by atoms with Crippen molar-refractivity contribution in [3.63, 3.8) is 0 Å². The predicted octanol–water partition coefficient (Wildman–Crippen LogP) is 1.35. The van der Waals surface area contributed by atoms with Crippen LogP contribution >= 0.6 is 0 Å². The second-order valence-electron chi connectivity index (χ2n) is 7.27. The van der Waals surface area contributed by atoms with Crippen LogP contribution in [0.2, 0.25) is 0 Å². The summed E-state index contributed by atoms with van der Waals surface area (Å²) in [5, 5.41) is 17.7. The number of aliphatic hydroxyl groups is 1. The highest BCUT2D eigenvalue weighted by Gasteiger charge is 2.38. The maximum atomic E-state index is 12.8. The Morgan fingerprint density at radius 3 is 2.93 bits per heavy atom. The second-order valence-corrected chi connectivity index (χ2v) is 7.27. The molecular weight excluding hydrogens is 372 g/mol. The lowest BCUT2D eigenvalue weighted by Crippen LogP contribution is -2.46. The number of benzene rings is 1. The van der Waals surface area contributed by atoms with Crippen molar-refractivity contribution in [3.8, 4) is 0 Å². The molecule has 1 saturated heterocycles. The van der Waals surface area contributed by atoms with Crippen molar-refractivity contribution in [1.82, 2.24) is 20.4 Å². The maximum absolute atomic E-state index is 12.8. The fraction of sp³-hybridized carbons (Fsp3) is 0.333. The number of nitrogens with zero attached hydrogens (tertiary/aromatic N) is 3. The number of β-amino-alcohol motifs (C(OH)–C–C–N with tert-alkyl or cyclic N) is 1. The molecule has 2 amide bonds. The van der Waals surface area contributed by atoms with Gasteiger partial charge in [0.2, 0.25) is 11.8 Å². The zero-order valence-electron chi connectivity index (χ0n) is 16.0. The monoisotopic (exact) mass is 394 g/mol. The summed E-state index contributed by atoms with van der Waals surface area (Å²) in [6.07, 6.45) is 1.20. The van der Waals surface area contributed by atoms with E-state index in [0.29, 0.717) is 18.0 Å². The molecule has 1 fully saturated rings. The number of amides is 2. The van der Waals surface area contributed by atoms with Crippen LogP contribution in [-0.2, 0) is 22.6 Å². The highest BCUT2D eigenvalue weighted by Crippen LogP contribution is 2.21. The molecule has 0 bridgehead atoms. The summed E-state index contributed by atoms with van der Waals surface area (Å²) >= 11 is 0. The van der Waals surface area contributed by atoms with Gasteiger partial charge in [0.15, 0.2) is 0 Å². The lowest BCUT2D eigenvalue weighted by Gasteiger charge is -2.23. The number of pyridine rings is 1. The van der Waals surface area contributed by atoms with E-state index in [0.717, 1.165) is 16.5 Å². The zero-order chi connectivity index (χ0) is 20.4. The van der Waals surface area contributed by atoms with E-state index in [2.05, 4.69) is 15.5 Å². The van der Waals surface area contributed by atoms with Crippen LogP contribution in [0.25, 0.3) is 10.9 Å². The molecule has 3 heterocycles. The molecule has 0 spiro atoms. The molecule has 8 nitrogen and oxygen atoms in total. The van der Waals surface area contributed by atoms with Crippen LogP contribution in [0.4, 0.5) is 0 Å². The molecule has 1 aliphatic heterocycles. The van der Waals surface area contributed by atoms with Crippen molar-refractivity contribution in [1.29, 1.82) is 0 Å². The van der Waals surface area contributed by atoms with Crippen molar-refractivity contribution in [2.24, 2.45) is 0 Å². The van der Waals surface area contributed by atoms with Gasteiger partial charge in [-0.15, -0.1) is 0 Å². The minimum atomic E-state index is -0.731. The second kappa shape index (κ2) is 8.00. The molecular formula is C21H22N4O4. The highest BCUT2D eigenvalue weighted by atomic mass is 16.5. The number of carbonyl (C=O) groups is 2. The number of para-hydroxylation sites is 1. The molecule has 150 valence electrons. The van der Waals surface area contributed by atoms with Crippen molar-refractivity contribution in [2.45, 2.75) is 38.5 Å². The topological polar surface area (TPSA) is 109 Å². The molecule has 0 saturated carbocycles. The smallest absolute Gasteiger partial charge is 0.243 e. The SMILES string of the molecule is Cc1cc(CC(=O)N2C[C@H](O)C[C@H]2C(=O)NCc2cccc3cccnc23)on1. The summed E-state index contributed by atoms with van der Waals surface area (Å²) in [6.45, 7) is 2.19. The van der Waals surface area contributed by atoms with Gasteiger partial charge in [-0.05, 0) is 18.6 Å². The van der Waals surface area contributed by atoms with Gasteiger partial charge in [-0.3, -0.25) is 14.6 Å². The minimum absolute atomic E-state index is 0.00455. The Hall–Kier alpha value is -3.26. The largest absolute Gasteiger partial charge is 0.391 e. The summed E-state index contributed by atoms with van der Waals surface area (Å²) in [6, 6.07) is 10.6. The first-order valence-corrected chi connectivity index (χ1v) is 9.51. The number of nitrogens with one attached hydrogen (secondary N) is 1. The minimum Gasteiger partial charge on any atom is -0.391 e. The Morgan fingerprint density at radius 2 is 2.14 bits per heavy atom. The fourth-order valence-electron chi connectivity index (χ4n) is 3.70. The third-order valence-corrected chi connectivity index (χ3v) is 5.07. The van der Waals surface area contributed by atoms with E-state index in [9.17, 15) is 14.7 Å². The number of aryl methyl sites for hydroxylation is 1. The van der Waals surface area contributed by atoms with Crippen LogP contribution in [0.15, 0.2) is 47.1 Å². The van der Waals surface area contributed by atoms with Gasteiger partial charge in [-0.1, -0.05) is 29.4 Å². The summed E-state index contributed by atoms with van der Waals surface area (Å²) in [5.41, 5.74) is 2.41. The first-order chi connectivity index (χ1) is 14.0. The van der Waals surface area contributed by atoms with E-state index in [1.54, 1.807) is 19.2 Å². The molecule has 2 atom stereocenters. The normalized spacial score (nSPS) is 18.9. The van der Waals surface area contributed by atoms with Gasteiger partial charge in [-0.2, -0.15) is 0 Å². The summed E-state index contributed by atoms with van der Waals surface area (Å²) in [7, 11) is 0. The Balaban J connectivity index is 1.44. The number of hydrogen-bond acceptors (Lipinski definition) is 6. The van der Waals surface area contributed by atoms with Gasteiger partial charge in [0, 0.05) is 37.2 Å². The van der Waals surface area contributed by atoms with Gasteiger partial charge in [-0.25, -0.2) is 0 Å². The van der Waals surface area contributed by atoms with E-state index in [1.807, 2.05) is 30.3 Å². The molecule has 8 heteroatoms. The number of rotatable bonds is 5. The third-order valence-electron chi connectivity index (χ3n) is 5.07. The van der Waals surface area contributed by atoms with Gasteiger partial charge in [0.1, 0.15) is 11.8 Å². The predicted molar refractivity (Wildman–Crippen MR) is 105 cm³/mol. The summed E-state index contributed by atoms with van der Waals surface area (Å²) < 4.78 is 5.10. The molecule has 4 rings (SSSR count). The quantitative estimate of drug-likeness (QED) is 0.676. The summed E-state index contributed by atoms with van der Waals surface area (Å²) in [4.78, 5) is 31.3. The number of fused-ring (bicyclic) bond motifs is 1. The van der Waals surface area contributed by atoms with Gasteiger partial charge in [0.25, 0.3) is 0 Å². The molecule has 1 aromatic carbocycles. The van der Waals surface area contributed by atoms with Crippen LogP contribution in [-0.4, -0.2) is 50.7 Å². The highest BCUT2D eigenvalue weighted by molar-refractivity contribution is 5.89. The first kappa shape index (κ1) is 19.1. The number of aliphatic hydroxyl groups excluding tert-OH is 1. The Labute approximate surface area is 167 Å². The van der Waals surface area contributed by atoms with Crippen LogP contribution in [0, 0.1) is 6.92 Å². The molecule has 0 aliphatic carbocycles. The Bertz CT molecular complexity index is 1040. The van der Waals surface area contributed by atoms with E-state index in [-0.39, 0.29) is 31.2 Å². The number of carbonyl (C=O) groups excluding carboxylic acids is 2. The lowest BCUT2D eigenvalue weighted by atomic mass is 10.1. The van der Waals surface area contributed by atoms with Crippen LogP contribution < -0.4 is 5.32 Å².